The second-order valence-corrected chi connectivity index (χ2v) is 4.09. The third-order valence-electron chi connectivity index (χ3n) is 2.83. The molecular formula is C12H15NO4. The fourth-order valence-electron chi connectivity index (χ4n) is 2.16. The lowest BCUT2D eigenvalue weighted by Gasteiger charge is -2.13. The van der Waals surface area contributed by atoms with E-state index in [1.807, 2.05) is 6.07 Å². The van der Waals surface area contributed by atoms with Crippen LogP contribution in [0.25, 0.3) is 0 Å². The van der Waals surface area contributed by atoms with E-state index in [4.69, 9.17) is 20.3 Å². The molecule has 0 aromatic heterocycles. The summed E-state index contributed by atoms with van der Waals surface area (Å²) in [4.78, 5) is 10.5. The summed E-state index contributed by atoms with van der Waals surface area (Å²) in [5.74, 6) is 0.0590. The van der Waals surface area contributed by atoms with Gasteiger partial charge >= 0.3 is 5.97 Å². The van der Waals surface area contributed by atoms with Crippen LogP contribution in [0.3, 0.4) is 0 Å². The SMILES string of the molecule is COc1c(OCC(=O)O)ccc2c1CC(N)C2. The molecule has 0 bridgehead atoms. The van der Waals surface area contributed by atoms with Crippen LogP contribution in [0.4, 0.5) is 0 Å². The molecule has 92 valence electrons. The van der Waals surface area contributed by atoms with E-state index >= 15 is 0 Å². The van der Waals surface area contributed by atoms with Crippen LogP contribution in [0, 0.1) is 0 Å². The predicted octanol–water partition coefficient (Wildman–Crippen LogP) is 0.584. The van der Waals surface area contributed by atoms with Crippen LogP contribution in [0.5, 0.6) is 11.5 Å². The van der Waals surface area contributed by atoms with E-state index in [1.165, 1.54) is 0 Å². The molecule has 1 aromatic carbocycles. The number of carboxylic acid groups (broad SMARTS) is 1. The molecule has 17 heavy (non-hydrogen) atoms. The average Bonchev–Trinajstić information content (AvgIpc) is 2.65. The Balaban J connectivity index is 2.29. The third-order valence-corrected chi connectivity index (χ3v) is 2.83. The first-order valence-electron chi connectivity index (χ1n) is 5.40. The minimum Gasteiger partial charge on any atom is -0.493 e. The number of ether oxygens (including phenoxy) is 2. The predicted molar refractivity (Wildman–Crippen MR) is 61.5 cm³/mol. The number of rotatable bonds is 4. The van der Waals surface area contributed by atoms with Gasteiger partial charge in [-0.15, -0.1) is 0 Å². The Hall–Kier alpha value is -1.75. The molecule has 0 heterocycles. The van der Waals surface area contributed by atoms with Gasteiger partial charge in [-0.05, 0) is 24.5 Å². The van der Waals surface area contributed by atoms with E-state index < -0.39 is 5.97 Å². The van der Waals surface area contributed by atoms with E-state index in [9.17, 15) is 4.79 Å². The molecule has 5 nitrogen and oxygen atoms in total. The Labute approximate surface area is 99.1 Å². The van der Waals surface area contributed by atoms with Crippen LogP contribution in [0.1, 0.15) is 11.1 Å². The van der Waals surface area contributed by atoms with Crippen LogP contribution in [0.2, 0.25) is 0 Å². The zero-order chi connectivity index (χ0) is 12.4. The van der Waals surface area contributed by atoms with Crippen molar-refractivity contribution in [3.05, 3.63) is 23.3 Å². The summed E-state index contributed by atoms with van der Waals surface area (Å²) in [5, 5.41) is 8.59. The second-order valence-electron chi connectivity index (χ2n) is 4.09. The summed E-state index contributed by atoms with van der Waals surface area (Å²) < 4.78 is 10.5. The zero-order valence-corrected chi connectivity index (χ0v) is 9.60. The van der Waals surface area contributed by atoms with Gasteiger partial charge in [-0.3, -0.25) is 0 Å². The molecule has 1 aliphatic carbocycles. The van der Waals surface area contributed by atoms with Crippen molar-refractivity contribution in [1.29, 1.82) is 0 Å². The van der Waals surface area contributed by atoms with Gasteiger partial charge in [0.1, 0.15) is 0 Å². The van der Waals surface area contributed by atoms with Gasteiger partial charge in [0.05, 0.1) is 7.11 Å². The number of hydrogen-bond acceptors (Lipinski definition) is 4. The van der Waals surface area contributed by atoms with Gasteiger partial charge in [0.2, 0.25) is 0 Å². The number of methoxy groups -OCH3 is 1. The van der Waals surface area contributed by atoms with Crippen LogP contribution in [0.15, 0.2) is 12.1 Å². The van der Waals surface area contributed by atoms with Gasteiger partial charge in [0.25, 0.3) is 0 Å². The fourth-order valence-corrected chi connectivity index (χ4v) is 2.16. The van der Waals surface area contributed by atoms with Crippen molar-refractivity contribution in [1.82, 2.24) is 0 Å². The van der Waals surface area contributed by atoms with E-state index in [1.54, 1.807) is 13.2 Å². The molecule has 0 spiro atoms. The molecule has 5 heteroatoms. The Morgan fingerprint density at radius 2 is 2.29 bits per heavy atom. The second kappa shape index (κ2) is 4.63. The number of hydrogen-bond donors (Lipinski definition) is 2. The van der Waals surface area contributed by atoms with Crippen LogP contribution < -0.4 is 15.2 Å². The van der Waals surface area contributed by atoms with E-state index in [2.05, 4.69) is 0 Å². The van der Waals surface area contributed by atoms with Crippen molar-refractivity contribution in [2.45, 2.75) is 18.9 Å². The summed E-state index contributed by atoms with van der Waals surface area (Å²) in [7, 11) is 1.55. The number of benzene rings is 1. The number of nitrogens with two attached hydrogens (primary N) is 1. The lowest BCUT2D eigenvalue weighted by atomic mass is 10.1. The van der Waals surface area contributed by atoms with Gasteiger partial charge in [-0.1, -0.05) is 6.07 Å². The monoisotopic (exact) mass is 237 g/mol. The Bertz CT molecular complexity index is 444. The number of carbonyl (C=O) groups is 1. The molecule has 0 amide bonds. The minimum absolute atomic E-state index is 0.105. The Morgan fingerprint density at radius 3 is 2.94 bits per heavy atom. The van der Waals surface area contributed by atoms with Crippen molar-refractivity contribution in [3.8, 4) is 11.5 Å². The molecule has 1 atom stereocenters. The van der Waals surface area contributed by atoms with Crippen molar-refractivity contribution in [2.75, 3.05) is 13.7 Å². The lowest BCUT2D eigenvalue weighted by Crippen LogP contribution is -2.19. The molecule has 1 aromatic rings. The first kappa shape index (κ1) is 11.7. The Morgan fingerprint density at radius 1 is 1.53 bits per heavy atom. The van der Waals surface area contributed by atoms with Gasteiger partial charge < -0.3 is 20.3 Å². The van der Waals surface area contributed by atoms with Crippen LogP contribution in [-0.2, 0) is 17.6 Å². The molecule has 0 saturated carbocycles. The third kappa shape index (κ3) is 2.34. The molecule has 2 rings (SSSR count). The zero-order valence-electron chi connectivity index (χ0n) is 9.60. The molecule has 0 radical (unpaired) electrons. The van der Waals surface area contributed by atoms with E-state index in [-0.39, 0.29) is 12.6 Å². The molecular weight excluding hydrogens is 222 g/mol. The van der Waals surface area contributed by atoms with Gasteiger partial charge in [0.15, 0.2) is 18.1 Å². The minimum atomic E-state index is -1.01. The lowest BCUT2D eigenvalue weighted by molar-refractivity contribution is -0.139. The van der Waals surface area contributed by atoms with Crippen molar-refractivity contribution in [2.24, 2.45) is 5.73 Å². The first-order chi connectivity index (χ1) is 8.11. The standard InChI is InChI=1S/C12H15NO4/c1-16-12-9-5-8(13)4-7(9)2-3-10(12)17-6-11(14)15/h2-3,8H,4-6,13H2,1H3,(H,14,15). The molecule has 1 aliphatic rings. The van der Waals surface area contributed by atoms with Crippen molar-refractivity contribution >= 4 is 5.97 Å². The first-order valence-corrected chi connectivity index (χ1v) is 5.40. The molecule has 0 fully saturated rings. The quantitative estimate of drug-likeness (QED) is 0.800. The highest BCUT2D eigenvalue weighted by molar-refractivity contribution is 5.68. The molecule has 3 N–H and O–H groups in total. The van der Waals surface area contributed by atoms with Gasteiger partial charge in [-0.2, -0.15) is 0 Å². The topological polar surface area (TPSA) is 81.8 Å². The Kier molecular flexibility index (Phi) is 3.19. The smallest absolute Gasteiger partial charge is 0.341 e. The van der Waals surface area contributed by atoms with E-state index in [0.717, 1.165) is 24.0 Å². The summed E-state index contributed by atoms with van der Waals surface area (Å²) in [6, 6.07) is 3.76. The average molecular weight is 237 g/mol. The largest absolute Gasteiger partial charge is 0.493 e. The summed E-state index contributed by atoms with van der Waals surface area (Å²) in [6.45, 7) is -0.374. The van der Waals surface area contributed by atoms with Gasteiger partial charge in [-0.25, -0.2) is 4.79 Å². The summed E-state index contributed by atoms with van der Waals surface area (Å²) >= 11 is 0. The number of fused-ring (bicyclic) bond motifs is 1. The maximum atomic E-state index is 10.5. The highest BCUT2D eigenvalue weighted by Gasteiger charge is 2.24. The van der Waals surface area contributed by atoms with Crippen molar-refractivity contribution < 1.29 is 19.4 Å². The molecule has 0 saturated heterocycles. The van der Waals surface area contributed by atoms with Crippen LogP contribution in [-0.4, -0.2) is 30.8 Å². The molecule has 1 unspecified atom stereocenters. The normalized spacial score (nSPS) is 17.6. The summed E-state index contributed by atoms with van der Waals surface area (Å²) in [6.07, 6.45) is 1.56. The highest BCUT2D eigenvalue weighted by atomic mass is 16.5. The highest BCUT2D eigenvalue weighted by Crippen LogP contribution is 2.37. The number of carboxylic acids is 1. The number of aliphatic carboxylic acids is 1. The van der Waals surface area contributed by atoms with Gasteiger partial charge in [0, 0.05) is 11.6 Å². The fraction of sp³-hybridized carbons (Fsp3) is 0.417. The maximum absolute atomic E-state index is 10.5. The van der Waals surface area contributed by atoms with Crippen LogP contribution >= 0.6 is 0 Å². The maximum Gasteiger partial charge on any atom is 0.341 e. The van der Waals surface area contributed by atoms with Crippen molar-refractivity contribution in [3.63, 3.8) is 0 Å². The summed E-state index contributed by atoms with van der Waals surface area (Å²) in [5.41, 5.74) is 8.07. The van der Waals surface area contributed by atoms with E-state index in [0.29, 0.717) is 11.5 Å². The molecule has 0 aliphatic heterocycles.